The minimum atomic E-state index is -3.85. The van der Waals surface area contributed by atoms with E-state index in [0.29, 0.717) is 10.4 Å². The molecule has 0 radical (unpaired) electrons. The number of anilines is 1. The Morgan fingerprint density at radius 2 is 1.78 bits per heavy atom. The summed E-state index contributed by atoms with van der Waals surface area (Å²) in [7, 11) is -2.55. The number of nitrogens with zero attached hydrogens (tertiary/aromatic N) is 1. The summed E-state index contributed by atoms with van der Waals surface area (Å²) in [4.78, 5) is 16.5. The van der Waals surface area contributed by atoms with E-state index in [0.717, 1.165) is 5.56 Å². The number of carbonyl (C=O) groups excluding carboxylic acids is 1. The predicted molar refractivity (Wildman–Crippen MR) is 127 cm³/mol. The molecule has 0 amide bonds. The lowest BCUT2D eigenvalue weighted by Gasteiger charge is -2.19. The van der Waals surface area contributed by atoms with E-state index in [2.05, 4.69) is 42.3 Å². The molecule has 2 heterocycles. The zero-order valence-corrected chi connectivity index (χ0v) is 20.3. The molecule has 2 aromatic heterocycles. The number of nitrogens with one attached hydrogen (secondary N) is 1. The minimum absolute atomic E-state index is 0.0807. The number of sulfonamides is 1. The molecule has 1 aromatic carbocycles. The van der Waals surface area contributed by atoms with Crippen LogP contribution >= 0.6 is 22.9 Å². The maximum atomic E-state index is 12.8. The fourth-order valence-electron chi connectivity index (χ4n) is 2.70. The fourth-order valence-corrected chi connectivity index (χ4v) is 4.62. The third-order valence-corrected chi connectivity index (χ3v) is 7.04. The van der Waals surface area contributed by atoms with Crippen LogP contribution in [0.1, 0.15) is 47.3 Å². The first kappa shape index (κ1) is 23.8. The molecule has 0 atom stereocenters. The molecule has 166 valence electrons. The molecule has 0 saturated heterocycles. The fraction of sp³-hybridized carbons (Fsp3) is 0.217. The first-order valence-electron chi connectivity index (χ1n) is 9.49. The summed E-state index contributed by atoms with van der Waals surface area (Å²) in [6, 6.07) is 11.4. The summed E-state index contributed by atoms with van der Waals surface area (Å²) < 4.78 is 32.8. The predicted octanol–water partition coefficient (Wildman–Crippen LogP) is 5.08. The molecule has 0 aliphatic carbocycles. The molecule has 3 aromatic rings. The smallest absolute Gasteiger partial charge is 0.349 e. The van der Waals surface area contributed by atoms with E-state index in [9.17, 15) is 13.2 Å². The Hall–Kier alpha value is -2.86. The van der Waals surface area contributed by atoms with Gasteiger partial charge in [0.2, 0.25) is 0 Å². The maximum Gasteiger partial charge on any atom is 0.349 e. The molecule has 1 N–H and O–H groups in total. The maximum absolute atomic E-state index is 12.8. The second-order valence-electron chi connectivity index (χ2n) is 7.81. The van der Waals surface area contributed by atoms with Gasteiger partial charge in [-0.05, 0) is 52.6 Å². The average Bonchev–Trinajstić information content (AvgIpc) is 3.21. The van der Waals surface area contributed by atoms with Crippen LogP contribution in [0, 0.1) is 11.8 Å². The number of hydrogen-bond acceptors (Lipinski definition) is 6. The Labute approximate surface area is 196 Å². The highest BCUT2D eigenvalue weighted by atomic mass is 35.5. The van der Waals surface area contributed by atoms with Crippen LogP contribution in [0.15, 0.2) is 52.7 Å². The number of aromatic nitrogens is 1. The van der Waals surface area contributed by atoms with Crippen molar-refractivity contribution >= 4 is 44.7 Å². The number of ether oxygens (including phenoxy) is 1. The van der Waals surface area contributed by atoms with Gasteiger partial charge in [-0.3, -0.25) is 4.72 Å². The van der Waals surface area contributed by atoms with Gasteiger partial charge in [0, 0.05) is 0 Å². The summed E-state index contributed by atoms with van der Waals surface area (Å²) in [5.74, 6) is 5.24. The lowest BCUT2D eigenvalue weighted by Crippen LogP contribution is -2.15. The summed E-state index contributed by atoms with van der Waals surface area (Å²) in [6.45, 7) is 6.16. The van der Waals surface area contributed by atoms with E-state index in [1.807, 2.05) is 0 Å². The van der Waals surface area contributed by atoms with Crippen molar-refractivity contribution in [3.8, 4) is 11.8 Å². The third kappa shape index (κ3) is 5.49. The Bertz CT molecular complexity index is 1310. The number of rotatable bonds is 4. The monoisotopic (exact) mass is 488 g/mol. The highest BCUT2D eigenvalue weighted by molar-refractivity contribution is 7.92. The number of thiophene rings is 1. The van der Waals surface area contributed by atoms with Gasteiger partial charge in [-0.1, -0.05) is 50.4 Å². The first-order chi connectivity index (χ1) is 15.0. The lowest BCUT2D eigenvalue weighted by atomic mass is 9.87. The lowest BCUT2D eigenvalue weighted by molar-refractivity contribution is 0.0606. The Balaban J connectivity index is 1.87. The van der Waals surface area contributed by atoms with Crippen LogP contribution < -0.4 is 4.72 Å². The van der Waals surface area contributed by atoms with E-state index in [4.69, 9.17) is 16.3 Å². The largest absolute Gasteiger partial charge is 0.465 e. The molecular formula is C23H21ClN2O4S2. The van der Waals surface area contributed by atoms with Gasteiger partial charge >= 0.3 is 5.97 Å². The van der Waals surface area contributed by atoms with Gasteiger partial charge in [0.05, 0.1) is 22.6 Å². The van der Waals surface area contributed by atoms with E-state index in [1.165, 1.54) is 30.6 Å². The van der Waals surface area contributed by atoms with E-state index < -0.39 is 16.0 Å². The van der Waals surface area contributed by atoms with E-state index in [1.54, 1.807) is 35.7 Å². The quantitative estimate of drug-likeness (QED) is 0.409. The highest BCUT2D eigenvalue weighted by Gasteiger charge is 2.18. The van der Waals surface area contributed by atoms with Gasteiger partial charge in [-0.15, -0.1) is 11.3 Å². The molecule has 0 bridgehead atoms. The molecule has 32 heavy (non-hydrogen) atoms. The third-order valence-electron chi connectivity index (χ3n) is 4.47. The molecule has 0 saturated carbocycles. The van der Waals surface area contributed by atoms with Gasteiger partial charge in [0.1, 0.15) is 16.4 Å². The van der Waals surface area contributed by atoms with Crippen molar-refractivity contribution in [1.29, 1.82) is 0 Å². The Kier molecular flexibility index (Phi) is 6.94. The molecule has 6 nitrogen and oxygen atoms in total. The summed E-state index contributed by atoms with van der Waals surface area (Å²) >= 11 is 7.39. The SMILES string of the molecule is COC(=O)c1sccc1C#Cc1nc(NS(=O)(=O)c2ccc(C(C)(C)C)cc2)ccc1Cl. The van der Waals surface area contributed by atoms with Crippen LogP contribution in [0.2, 0.25) is 5.02 Å². The first-order valence-corrected chi connectivity index (χ1v) is 12.2. The van der Waals surface area contributed by atoms with Crippen LogP contribution in [0.3, 0.4) is 0 Å². The Morgan fingerprint density at radius 3 is 2.41 bits per heavy atom. The molecule has 0 aliphatic rings. The highest BCUT2D eigenvalue weighted by Crippen LogP contribution is 2.25. The minimum Gasteiger partial charge on any atom is -0.465 e. The molecule has 0 aliphatic heterocycles. The second-order valence-corrected chi connectivity index (χ2v) is 10.8. The molecular weight excluding hydrogens is 468 g/mol. The van der Waals surface area contributed by atoms with Crippen molar-refractivity contribution in [3.63, 3.8) is 0 Å². The summed E-state index contributed by atoms with van der Waals surface area (Å²) in [6.07, 6.45) is 0. The summed E-state index contributed by atoms with van der Waals surface area (Å²) in [5, 5.41) is 1.98. The molecule has 0 spiro atoms. The van der Waals surface area contributed by atoms with E-state index >= 15 is 0 Å². The molecule has 0 fully saturated rings. The van der Waals surface area contributed by atoms with Crippen LogP contribution in [0.4, 0.5) is 5.82 Å². The van der Waals surface area contributed by atoms with Crippen LogP contribution in [-0.4, -0.2) is 26.5 Å². The van der Waals surface area contributed by atoms with Gasteiger partial charge in [-0.25, -0.2) is 18.2 Å². The number of pyridine rings is 1. The molecule has 3 rings (SSSR count). The van der Waals surface area contributed by atoms with Crippen LogP contribution in [0.25, 0.3) is 0 Å². The van der Waals surface area contributed by atoms with E-state index in [-0.39, 0.29) is 26.8 Å². The van der Waals surface area contributed by atoms with Crippen molar-refractivity contribution in [2.75, 3.05) is 11.8 Å². The zero-order chi connectivity index (χ0) is 23.5. The molecule has 9 heteroatoms. The average molecular weight is 489 g/mol. The second kappa shape index (κ2) is 9.33. The molecule has 0 unspecified atom stereocenters. The normalized spacial score (nSPS) is 11.4. The van der Waals surface area contributed by atoms with Crippen molar-refractivity contribution in [3.05, 3.63) is 74.6 Å². The topological polar surface area (TPSA) is 85.4 Å². The number of carbonyl (C=O) groups is 1. The van der Waals surface area contributed by atoms with Gasteiger partial charge in [-0.2, -0.15) is 0 Å². The Morgan fingerprint density at radius 1 is 1.09 bits per heavy atom. The van der Waals surface area contributed by atoms with Crippen molar-refractivity contribution in [2.45, 2.75) is 31.1 Å². The van der Waals surface area contributed by atoms with Crippen LogP contribution in [0.5, 0.6) is 0 Å². The number of benzene rings is 1. The number of hydrogen-bond donors (Lipinski definition) is 1. The van der Waals surface area contributed by atoms with Gasteiger partial charge in [0.15, 0.2) is 0 Å². The number of halogens is 1. The van der Waals surface area contributed by atoms with Crippen molar-refractivity contribution in [1.82, 2.24) is 4.98 Å². The van der Waals surface area contributed by atoms with Crippen molar-refractivity contribution < 1.29 is 17.9 Å². The van der Waals surface area contributed by atoms with Crippen LogP contribution in [-0.2, 0) is 20.2 Å². The van der Waals surface area contributed by atoms with Crippen molar-refractivity contribution in [2.24, 2.45) is 0 Å². The van der Waals surface area contributed by atoms with Gasteiger partial charge in [0.25, 0.3) is 10.0 Å². The zero-order valence-electron chi connectivity index (χ0n) is 17.9. The summed E-state index contributed by atoms with van der Waals surface area (Å²) in [5.41, 5.74) is 1.59. The number of methoxy groups -OCH3 is 1. The number of esters is 1. The van der Waals surface area contributed by atoms with Gasteiger partial charge < -0.3 is 4.74 Å². The standard InChI is InChI=1S/C23H21ClN2O4S2/c1-23(2,3)16-6-8-17(9-7-16)32(28,29)26-20-12-10-18(24)19(25-20)11-5-15-13-14-31-21(15)22(27)30-4/h6-10,12-14H,1-4H3,(H,25,26).